The normalized spacial score (nSPS) is 11.9. The summed E-state index contributed by atoms with van der Waals surface area (Å²) in [6.07, 6.45) is 2.57. The number of hydrogen-bond donors (Lipinski definition) is 2. The number of imidazole rings is 1. The van der Waals surface area contributed by atoms with Crippen LogP contribution in [0.25, 0.3) is 11.0 Å². The lowest BCUT2D eigenvalue weighted by atomic mass is 10.1. The number of carbonyl (C=O) groups excluding carboxylic acids is 2. The van der Waals surface area contributed by atoms with E-state index in [4.69, 9.17) is 4.98 Å². The van der Waals surface area contributed by atoms with Gasteiger partial charge in [-0.05, 0) is 54.8 Å². The highest BCUT2D eigenvalue weighted by molar-refractivity contribution is 7.98. The monoisotopic (exact) mass is 494 g/mol. The summed E-state index contributed by atoms with van der Waals surface area (Å²) in [7, 11) is 0. The second-order valence-corrected chi connectivity index (χ2v) is 8.91. The summed E-state index contributed by atoms with van der Waals surface area (Å²) in [5.41, 5.74) is 1.94. The molecule has 0 aliphatic heterocycles. The van der Waals surface area contributed by atoms with Crippen molar-refractivity contribution in [1.82, 2.24) is 14.9 Å². The third-order valence-electron chi connectivity index (χ3n) is 5.40. The minimum Gasteiger partial charge on any atom is -0.342 e. The van der Waals surface area contributed by atoms with Crippen LogP contribution in [0.2, 0.25) is 0 Å². The Morgan fingerprint density at radius 1 is 1.00 bits per heavy atom. The van der Waals surface area contributed by atoms with Crippen LogP contribution in [0.5, 0.6) is 0 Å². The van der Waals surface area contributed by atoms with E-state index in [-0.39, 0.29) is 18.1 Å². The Kier molecular flexibility index (Phi) is 7.77. The fourth-order valence-electron chi connectivity index (χ4n) is 3.83. The maximum absolute atomic E-state index is 13.6. The van der Waals surface area contributed by atoms with Crippen molar-refractivity contribution < 1.29 is 18.4 Å². The molecular formula is C26H24F2N4O2S. The summed E-state index contributed by atoms with van der Waals surface area (Å²) in [5, 5.41) is 5.60. The van der Waals surface area contributed by atoms with Gasteiger partial charge in [0.1, 0.15) is 24.0 Å². The van der Waals surface area contributed by atoms with E-state index in [9.17, 15) is 18.4 Å². The van der Waals surface area contributed by atoms with Crippen molar-refractivity contribution in [3.63, 3.8) is 0 Å². The minimum atomic E-state index is -0.783. The van der Waals surface area contributed by atoms with Crippen molar-refractivity contribution in [2.45, 2.75) is 19.0 Å². The Morgan fingerprint density at radius 2 is 1.69 bits per heavy atom. The van der Waals surface area contributed by atoms with Gasteiger partial charge in [-0.2, -0.15) is 11.8 Å². The second-order valence-electron chi connectivity index (χ2n) is 7.92. The zero-order valence-corrected chi connectivity index (χ0v) is 19.8. The van der Waals surface area contributed by atoms with Gasteiger partial charge in [0.15, 0.2) is 0 Å². The number of nitrogens with zero attached hydrogens (tertiary/aromatic N) is 2. The number of aromatic nitrogens is 2. The largest absolute Gasteiger partial charge is 0.342 e. The van der Waals surface area contributed by atoms with Crippen LogP contribution in [0.1, 0.15) is 28.6 Å². The van der Waals surface area contributed by atoms with Gasteiger partial charge in [0.05, 0.1) is 17.1 Å². The summed E-state index contributed by atoms with van der Waals surface area (Å²) in [6.45, 7) is -0.148. The number of fused-ring (bicyclic) bond motifs is 1. The summed E-state index contributed by atoms with van der Waals surface area (Å²) in [5.74, 6) is -0.986. The van der Waals surface area contributed by atoms with Crippen LogP contribution in [0.4, 0.5) is 14.5 Å². The number of hydrogen-bond acceptors (Lipinski definition) is 4. The maximum Gasteiger partial charge on any atom is 0.251 e. The van der Waals surface area contributed by atoms with Crippen molar-refractivity contribution in [2.24, 2.45) is 0 Å². The molecule has 4 aromatic rings. The highest BCUT2D eigenvalue weighted by Crippen LogP contribution is 2.25. The van der Waals surface area contributed by atoms with Gasteiger partial charge in [0, 0.05) is 17.3 Å². The molecule has 1 unspecified atom stereocenters. The Morgan fingerprint density at radius 3 is 2.40 bits per heavy atom. The molecule has 1 heterocycles. The SMILES string of the molecule is CSCCC(NC(=O)c1ccccc1)c1nc2ccccc2n1CC(=O)Nc1cc(F)cc(F)c1. The molecule has 1 atom stereocenters. The third kappa shape index (κ3) is 6.05. The Bertz CT molecular complexity index is 1320. The van der Waals surface area contributed by atoms with Gasteiger partial charge in [-0.1, -0.05) is 30.3 Å². The average Bonchev–Trinajstić information content (AvgIpc) is 3.19. The first-order chi connectivity index (χ1) is 16.9. The van der Waals surface area contributed by atoms with Crippen molar-refractivity contribution in [3.05, 3.63) is 95.8 Å². The first-order valence-corrected chi connectivity index (χ1v) is 12.4. The van der Waals surface area contributed by atoms with Crippen LogP contribution in [0, 0.1) is 11.6 Å². The summed E-state index contributed by atoms with van der Waals surface area (Å²) < 4.78 is 28.9. The molecule has 0 aliphatic rings. The molecule has 0 aliphatic carbocycles. The van der Waals surface area contributed by atoms with Crippen molar-refractivity contribution in [2.75, 3.05) is 17.3 Å². The number of thioether (sulfide) groups is 1. The van der Waals surface area contributed by atoms with Crippen molar-refractivity contribution >= 4 is 40.3 Å². The highest BCUT2D eigenvalue weighted by atomic mass is 32.2. The smallest absolute Gasteiger partial charge is 0.251 e. The maximum atomic E-state index is 13.6. The van der Waals surface area contributed by atoms with Gasteiger partial charge >= 0.3 is 0 Å². The molecule has 6 nitrogen and oxygen atoms in total. The molecule has 4 rings (SSSR count). The molecule has 3 aromatic carbocycles. The van der Waals surface area contributed by atoms with E-state index >= 15 is 0 Å². The second kappa shape index (κ2) is 11.1. The van der Waals surface area contributed by atoms with E-state index in [2.05, 4.69) is 10.6 Å². The van der Waals surface area contributed by atoms with Crippen LogP contribution in [0.15, 0.2) is 72.8 Å². The predicted octanol–water partition coefficient (Wildman–Crippen LogP) is 5.18. The van der Waals surface area contributed by atoms with Crippen LogP contribution >= 0.6 is 11.8 Å². The lowest BCUT2D eigenvalue weighted by Gasteiger charge is -2.20. The molecule has 9 heteroatoms. The first-order valence-electron chi connectivity index (χ1n) is 11.0. The molecule has 35 heavy (non-hydrogen) atoms. The Balaban J connectivity index is 1.66. The summed E-state index contributed by atoms with van der Waals surface area (Å²) in [4.78, 5) is 30.6. The van der Waals surface area contributed by atoms with Gasteiger partial charge in [-0.25, -0.2) is 13.8 Å². The van der Waals surface area contributed by atoms with Gasteiger partial charge < -0.3 is 15.2 Å². The van der Waals surface area contributed by atoms with Crippen molar-refractivity contribution in [3.8, 4) is 0 Å². The van der Waals surface area contributed by atoms with Gasteiger partial charge in [-0.3, -0.25) is 9.59 Å². The van der Waals surface area contributed by atoms with E-state index in [0.717, 1.165) is 24.0 Å². The lowest BCUT2D eigenvalue weighted by molar-refractivity contribution is -0.116. The molecule has 2 amide bonds. The lowest BCUT2D eigenvalue weighted by Crippen LogP contribution is -2.32. The standard InChI is InChI=1S/C26H24F2N4O2S/c1-35-12-11-22(31-26(34)17-7-3-2-4-8-17)25-30-21-9-5-6-10-23(21)32(25)16-24(33)29-20-14-18(27)13-19(28)15-20/h2-10,13-15,22H,11-12,16H2,1H3,(H,29,33)(H,31,34). The number of nitrogens with one attached hydrogen (secondary N) is 2. The number of halogens is 2. The highest BCUT2D eigenvalue weighted by Gasteiger charge is 2.24. The number of amides is 2. The van der Waals surface area contributed by atoms with Crippen LogP contribution < -0.4 is 10.6 Å². The predicted molar refractivity (Wildman–Crippen MR) is 134 cm³/mol. The fraction of sp³-hybridized carbons (Fsp3) is 0.192. The molecule has 1 aromatic heterocycles. The first kappa shape index (κ1) is 24.4. The van der Waals surface area contributed by atoms with Crippen molar-refractivity contribution in [1.29, 1.82) is 0 Å². The number of benzene rings is 3. The van der Waals surface area contributed by atoms with Crippen LogP contribution in [-0.4, -0.2) is 33.4 Å². The molecule has 0 radical (unpaired) electrons. The zero-order chi connectivity index (χ0) is 24.8. The van der Waals surface area contributed by atoms with E-state index in [0.29, 0.717) is 28.8 Å². The minimum absolute atomic E-state index is 0.0229. The van der Waals surface area contributed by atoms with Gasteiger partial charge in [0.25, 0.3) is 5.91 Å². The van der Waals surface area contributed by atoms with E-state index in [1.165, 1.54) is 0 Å². The molecule has 2 N–H and O–H groups in total. The van der Waals surface area contributed by atoms with E-state index in [1.807, 2.05) is 36.6 Å². The van der Waals surface area contributed by atoms with Crippen LogP contribution in [-0.2, 0) is 11.3 Å². The molecule has 0 saturated carbocycles. The van der Waals surface area contributed by atoms with Gasteiger partial charge in [-0.15, -0.1) is 0 Å². The average molecular weight is 495 g/mol. The molecule has 0 saturated heterocycles. The van der Waals surface area contributed by atoms with Gasteiger partial charge in [0.2, 0.25) is 5.91 Å². The molecule has 0 fully saturated rings. The molecular weight excluding hydrogens is 470 g/mol. The molecule has 180 valence electrons. The van der Waals surface area contributed by atoms with Crippen LogP contribution in [0.3, 0.4) is 0 Å². The quantitative estimate of drug-likeness (QED) is 0.336. The van der Waals surface area contributed by atoms with E-state index in [1.54, 1.807) is 40.6 Å². The van der Waals surface area contributed by atoms with E-state index < -0.39 is 23.6 Å². The molecule has 0 spiro atoms. The Hall–Kier alpha value is -3.72. The number of rotatable bonds is 9. The summed E-state index contributed by atoms with van der Waals surface area (Å²) >= 11 is 1.64. The zero-order valence-electron chi connectivity index (χ0n) is 19.0. The summed E-state index contributed by atoms with van der Waals surface area (Å²) in [6, 6.07) is 18.6. The Labute approximate surface area is 205 Å². The number of anilines is 1. The third-order valence-corrected chi connectivity index (χ3v) is 6.04. The fourth-order valence-corrected chi connectivity index (χ4v) is 4.30. The topological polar surface area (TPSA) is 76.0 Å². The molecule has 0 bridgehead atoms. The number of carbonyl (C=O) groups is 2. The number of para-hydroxylation sites is 2.